The monoisotopic (exact) mass is 376 g/mol. The van der Waals surface area contributed by atoms with E-state index >= 15 is 0 Å². The normalized spacial score (nSPS) is 15.8. The van der Waals surface area contributed by atoms with E-state index in [9.17, 15) is 4.79 Å². The van der Waals surface area contributed by atoms with E-state index in [1.807, 2.05) is 55.5 Å². The topological polar surface area (TPSA) is 32.7 Å². The van der Waals surface area contributed by atoms with Crippen molar-refractivity contribution >= 4 is 45.6 Å². The number of benzene rings is 2. The summed E-state index contributed by atoms with van der Waals surface area (Å²) in [6.45, 7) is 2.63. The summed E-state index contributed by atoms with van der Waals surface area (Å²) in [5, 5.41) is 0. The number of aliphatic imine (C=N–C) groups is 1. The maximum atomic E-state index is 12.5. The van der Waals surface area contributed by atoms with E-state index in [0.29, 0.717) is 12.3 Å². The Labute approximate surface area is 131 Å². The molecule has 0 unspecified atom stereocenters. The van der Waals surface area contributed by atoms with Gasteiger partial charge in [-0.3, -0.25) is 4.79 Å². The van der Waals surface area contributed by atoms with Gasteiger partial charge in [0.05, 0.1) is 11.4 Å². The zero-order valence-corrected chi connectivity index (χ0v) is 13.2. The summed E-state index contributed by atoms with van der Waals surface area (Å²) in [5.41, 5.74) is 3.20. The molecule has 0 atom stereocenters. The molecule has 0 saturated carbocycles. The van der Waals surface area contributed by atoms with Gasteiger partial charge in [-0.2, -0.15) is 0 Å². The molecule has 1 aliphatic rings. The van der Waals surface area contributed by atoms with Gasteiger partial charge in [0.2, 0.25) is 0 Å². The molecule has 0 bridgehead atoms. The molecule has 0 aromatic heterocycles. The summed E-state index contributed by atoms with van der Waals surface area (Å²) >= 11 is 2.25. The fourth-order valence-corrected chi connectivity index (χ4v) is 2.69. The van der Waals surface area contributed by atoms with Gasteiger partial charge in [-0.25, -0.2) is 4.99 Å². The Hall–Kier alpha value is -1.69. The van der Waals surface area contributed by atoms with Crippen LogP contribution >= 0.6 is 22.6 Å². The molecule has 1 heterocycles. The van der Waals surface area contributed by atoms with E-state index in [1.165, 1.54) is 0 Å². The second-order valence-corrected chi connectivity index (χ2v) is 5.75. The Bertz CT molecular complexity index is 692. The molecule has 0 saturated heterocycles. The molecule has 20 heavy (non-hydrogen) atoms. The van der Waals surface area contributed by atoms with Gasteiger partial charge in [0.25, 0.3) is 5.91 Å². The van der Waals surface area contributed by atoms with Gasteiger partial charge in [0, 0.05) is 15.7 Å². The van der Waals surface area contributed by atoms with E-state index in [2.05, 4.69) is 27.6 Å². The van der Waals surface area contributed by atoms with Crippen LogP contribution in [-0.2, 0) is 4.79 Å². The number of anilines is 1. The Morgan fingerprint density at radius 3 is 2.50 bits per heavy atom. The number of fused-ring (bicyclic) bond motifs is 1. The first-order valence-corrected chi connectivity index (χ1v) is 7.54. The van der Waals surface area contributed by atoms with Crippen molar-refractivity contribution in [2.75, 3.05) is 11.4 Å². The predicted octanol–water partition coefficient (Wildman–Crippen LogP) is 3.78. The molecular weight excluding hydrogens is 363 g/mol. The Morgan fingerprint density at radius 2 is 1.80 bits per heavy atom. The lowest BCUT2D eigenvalue weighted by Gasteiger charge is -2.12. The molecule has 0 aliphatic carbocycles. The molecule has 0 spiro atoms. The summed E-state index contributed by atoms with van der Waals surface area (Å²) < 4.78 is 1.15. The number of hydrogen-bond donors (Lipinski definition) is 0. The highest BCUT2D eigenvalue weighted by Gasteiger charge is 2.32. The van der Waals surface area contributed by atoms with Crippen molar-refractivity contribution in [2.24, 2.45) is 4.99 Å². The standard InChI is InChI=1S/C16H13IN2O/c1-2-19-14-6-4-3-5-13(14)15(16(19)20)18-12-9-7-11(17)8-10-12/h3-10H,2H2,1H3. The van der Waals surface area contributed by atoms with Crippen LogP contribution in [0.15, 0.2) is 53.5 Å². The Balaban J connectivity index is 2.10. The van der Waals surface area contributed by atoms with Crippen LogP contribution < -0.4 is 4.90 Å². The number of likely N-dealkylation sites (N-methyl/N-ethyl adjacent to an activating group) is 1. The number of carbonyl (C=O) groups is 1. The maximum absolute atomic E-state index is 12.5. The Kier molecular flexibility index (Phi) is 3.56. The fourth-order valence-electron chi connectivity index (χ4n) is 2.33. The van der Waals surface area contributed by atoms with E-state index in [0.717, 1.165) is 20.5 Å². The largest absolute Gasteiger partial charge is 0.307 e. The van der Waals surface area contributed by atoms with Crippen LogP contribution in [0.1, 0.15) is 12.5 Å². The average molecular weight is 376 g/mol. The molecule has 0 N–H and O–H groups in total. The molecule has 1 amide bonds. The van der Waals surface area contributed by atoms with Gasteiger partial charge in [-0.05, 0) is 59.8 Å². The minimum absolute atomic E-state index is 0.0211. The third-order valence-electron chi connectivity index (χ3n) is 3.28. The molecule has 3 rings (SSSR count). The fraction of sp³-hybridized carbons (Fsp3) is 0.125. The van der Waals surface area contributed by atoms with E-state index in [-0.39, 0.29) is 5.91 Å². The first-order valence-electron chi connectivity index (χ1n) is 6.46. The van der Waals surface area contributed by atoms with Crippen LogP contribution in [-0.4, -0.2) is 18.2 Å². The smallest absolute Gasteiger partial charge is 0.277 e. The number of carbonyl (C=O) groups excluding carboxylic acids is 1. The van der Waals surface area contributed by atoms with E-state index in [4.69, 9.17) is 0 Å². The number of para-hydroxylation sites is 1. The van der Waals surface area contributed by atoms with Crippen molar-refractivity contribution in [1.82, 2.24) is 0 Å². The van der Waals surface area contributed by atoms with Gasteiger partial charge in [-0.15, -0.1) is 0 Å². The number of rotatable bonds is 2. The number of hydrogen-bond acceptors (Lipinski definition) is 2. The third-order valence-corrected chi connectivity index (χ3v) is 4.00. The average Bonchev–Trinajstić information content (AvgIpc) is 2.74. The summed E-state index contributed by atoms with van der Waals surface area (Å²) in [7, 11) is 0. The Morgan fingerprint density at radius 1 is 1.10 bits per heavy atom. The lowest BCUT2D eigenvalue weighted by molar-refractivity contribution is -0.112. The second-order valence-electron chi connectivity index (χ2n) is 4.50. The van der Waals surface area contributed by atoms with E-state index < -0.39 is 0 Å². The minimum atomic E-state index is -0.0211. The van der Waals surface area contributed by atoms with Crippen molar-refractivity contribution in [3.63, 3.8) is 0 Å². The summed E-state index contributed by atoms with van der Waals surface area (Å²) in [5.74, 6) is -0.0211. The molecule has 3 nitrogen and oxygen atoms in total. The van der Waals surface area contributed by atoms with Gasteiger partial charge >= 0.3 is 0 Å². The minimum Gasteiger partial charge on any atom is -0.307 e. The lowest BCUT2D eigenvalue weighted by atomic mass is 10.1. The van der Waals surface area contributed by atoms with Gasteiger partial charge in [0.15, 0.2) is 0 Å². The molecule has 0 radical (unpaired) electrons. The molecule has 0 fully saturated rings. The summed E-state index contributed by atoms with van der Waals surface area (Å²) in [6, 6.07) is 15.6. The van der Waals surface area contributed by atoms with Gasteiger partial charge in [-0.1, -0.05) is 18.2 Å². The maximum Gasteiger partial charge on any atom is 0.277 e. The third kappa shape index (κ3) is 2.24. The quantitative estimate of drug-likeness (QED) is 0.735. The molecular formula is C16H13IN2O. The molecule has 4 heteroatoms. The van der Waals surface area contributed by atoms with Crippen molar-refractivity contribution in [1.29, 1.82) is 0 Å². The first-order chi connectivity index (χ1) is 9.70. The first kappa shape index (κ1) is 13.3. The van der Waals surface area contributed by atoms with Crippen LogP contribution in [0.4, 0.5) is 11.4 Å². The number of nitrogens with zero attached hydrogens (tertiary/aromatic N) is 2. The van der Waals surface area contributed by atoms with Crippen molar-refractivity contribution in [3.05, 3.63) is 57.7 Å². The second kappa shape index (κ2) is 5.36. The zero-order valence-electron chi connectivity index (χ0n) is 11.0. The zero-order chi connectivity index (χ0) is 14.1. The highest BCUT2D eigenvalue weighted by atomic mass is 127. The molecule has 100 valence electrons. The van der Waals surface area contributed by atoms with E-state index in [1.54, 1.807) is 4.90 Å². The summed E-state index contributed by atoms with van der Waals surface area (Å²) in [4.78, 5) is 18.8. The van der Waals surface area contributed by atoms with Crippen LogP contribution in [0.2, 0.25) is 0 Å². The van der Waals surface area contributed by atoms with Crippen molar-refractivity contribution in [2.45, 2.75) is 6.92 Å². The highest BCUT2D eigenvalue weighted by Crippen LogP contribution is 2.30. The number of amides is 1. The van der Waals surface area contributed by atoms with Crippen LogP contribution in [0.3, 0.4) is 0 Å². The lowest BCUT2D eigenvalue weighted by Crippen LogP contribution is -2.29. The molecule has 2 aromatic carbocycles. The van der Waals surface area contributed by atoms with Crippen LogP contribution in [0.5, 0.6) is 0 Å². The van der Waals surface area contributed by atoms with Crippen molar-refractivity contribution < 1.29 is 4.79 Å². The highest BCUT2D eigenvalue weighted by molar-refractivity contribution is 14.1. The summed E-state index contributed by atoms with van der Waals surface area (Å²) in [6.07, 6.45) is 0. The van der Waals surface area contributed by atoms with Gasteiger partial charge in [0.1, 0.15) is 5.71 Å². The SMILES string of the molecule is CCN1C(=O)C(=Nc2ccc(I)cc2)c2ccccc21. The predicted molar refractivity (Wildman–Crippen MR) is 89.8 cm³/mol. The number of halogens is 1. The van der Waals surface area contributed by atoms with Gasteiger partial charge < -0.3 is 4.90 Å². The molecule has 1 aliphatic heterocycles. The molecule has 2 aromatic rings. The van der Waals surface area contributed by atoms with Crippen LogP contribution in [0.25, 0.3) is 0 Å². The van der Waals surface area contributed by atoms with Crippen LogP contribution in [0, 0.1) is 3.57 Å². The van der Waals surface area contributed by atoms with Crippen molar-refractivity contribution in [3.8, 4) is 0 Å².